The lowest BCUT2D eigenvalue weighted by atomic mass is 10.3. The van der Waals surface area contributed by atoms with Gasteiger partial charge in [-0.3, -0.25) is 10.1 Å². The zero-order chi connectivity index (χ0) is 14.8. The van der Waals surface area contributed by atoms with Crippen LogP contribution in [0.2, 0.25) is 0 Å². The number of non-ortho nitro benzene ring substituents is 1. The van der Waals surface area contributed by atoms with Gasteiger partial charge in [0.05, 0.1) is 10.7 Å². The van der Waals surface area contributed by atoms with Crippen LogP contribution in [0.15, 0.2) is 22.6 Å². The van der Waals surface area contributed by atoms with Crippen molar-refractivity contribution >= 4 is 32.8 Å². The fourth-order valence-electron chi connectivity index (χ4n) is 1.63. The molecule has 0 saturated heterocycles. The van der Waals surface area contributed by atoms with Gasteiger partial charge in [-0.15, -0.1) is 0 Å². The van der Waals surface area contributed by atoms with Crippen molar-refractivity contribution in [2.45, 2.75) is 6.42 Å². The number of primary sulfonamides is 1. The Hall–Kier alpha value is -2.20. The quantitative estimate of drug-likeness (QED) is 0.457. The number of oxazole rings is 1. The standard InChI is InChI=1S/C10H12N4O5S/c11-20(17,18)6-2-5-12-10-13-9-7(14(15)16)3-1-4-8(9)19-10/h1,3-4H,2,5-6H2,(H,12,13)(H2,11,17,18). The van der Waals surface area contributed by atoms with Crippen molar-refractivity contribution in [1.29, 1.82) is 0 Å². The van der Waals surface area contributed by atoms with E-state index in [1.54, 1.807) is 6.07 Å². The lowest BCUT2D eigenvalue weighted by Crippen LogP contribution is -2.18. The second kappa shape index (κ2) is 5.43. The van der Waals surface area contributed by atoms with Crippen molar-refractivity contribution < 1.29 is 17.8 Å². The monoisotopic (exact) mass is 300 g/mol. The van der Waals surface area contributed by atoms with E-state index in [1.165, 1.54) is 12.1 Å². The molecule has 0 bridgehead atoms. The zero-order valence-corrected chi connectivity index (χ0v) is 11.1. The van der Waals surface area contributed by atoms with E-state index in [0.29, 0.717) is 0 Å². The van der Waals surface area contributed by atoms with Gasteiger partial charge in [0, 0.05) is 12.6 Å². The van der Waals surface area contributed by atoms with Crippen LogP contribution in [0, 0.1) is 10.1 Å². The molecule has 1 heterocycles. The number of para-hydroxylation sites is 1. The minimum Gasteiger partial charge on any atom is -0.423 e. The van der Waals surface area contributed by atoms with Crippen LogP contribution in [0.3, 0.4) is 0 Å². The smallest absolute Gasteiger partial charge is 0.298 e. The number of sulfonamides is 1. The topological polar surface area (TPSA) is 141 Å². The Morgan fingerprint density at radius 1 is 1.45 bits per heavy atom. The Morgan fingerprint density at radius 3 is 2.85 bits per heavy atom. The first kappa shape index (κ1) is 14.2. The molecule has 0 amide bonds. The first-order chi connectivity index (χ1) is 9.37. The molecule has 0 fully saturated rings. The molecule has 0 radical (unpaired) electrons. The molecule has 10 heteroatoms. The van der Waals surface area contributed by atoms with E-state index in [2.05, 4.69) is 10.3 Å². The summed E-state index contributed by atoms with van der Waals surface area (Å²) in [6, 6.07) is 4.49. The molecular weight excluding hydrogens is 288 g/mol. The van der Waals surface area contributed by atoms with Crippen LogP contribution in [0.25, 0.3) is 11.1 Å². The number of nitro benzene ring substituents is 1. The molecule has 108 valence electrons. The zero-order valence-electron chi connectivity index (χ0n) is 10.3. The van der Waals surface area contributed by atoms with Gasteiger partial charge in [0.15, 0.2) is 11.1 Å². The number of nitrogens with two attached hydrogens (primary N) is 1. The highest BCUT2D eigenvalue weighted by Crippen LogP contribution is 2.27. The molecule has 2 aromatic rings. The minimum atomic E-state index is -3.50. The van der Waals surface area contributed by atoms with Crippen LogP contribution in [-0.2, 0) is 10.0 Å². The number of hydrogen-bond donors (Lipinski definition) is 2. The van der Waals surface area contributed by atoms with Gasteiger partial charge < -0.3 is 9.73 Å². The molecule has 0 unspecified atom stereocenters. The summed E-state index contributed by atoms with van der Waals surface area (Å²) in [4.78, 5) is 14.2. The summed E-state index contributed by atoms with van der Waals surface area (Å²) in [5.41, 5.74) is 0.281. The third-order valence-corrected chi connectivity index (χ3v) is 3.33. The maximum absolute atomic E-state index is 10.8. The predicted octanol–water partition coefficient (Wildman–Crippen LogP) is 0.826. The van der Waals surface area contributed by atoms with Crippen molar-refractivity contribution in [1.82, 2.24) is 4.98 Å². The van der Waals surface area contributed by atoms with Crippen LogP contribution in [0.5, 0.6) is 0 Å². The summed E-state index contributed by atoms with van der Waals surface area (Å²) < 4.78 is 26.8. The van der Waals surface area contributed by atoms with E-state index in [4.69, 9.17) is 9.56 Å². The summed E-state index contributed by atoms with van der Waals surface area (Å²) in [6.45, 7) is 0.275. The van der Waals surface area contributed by atoms with Crippen LogP contribution in [0.4, 0.5) is 11.7 Å². The summed E-state index contributed by atoms with van der Waals surface area (Å²) in [5, 5.41) is 18.4. The summed E-state index contributed by atoms with van der Waals surface area (Å²) in [5.74, 6) is -0.166. The number of fused-ring (bicyclic) bond motifs is 1. The van der Waals surface area contributed by atoms with Crippen molar-refractivity contribution in [2.75, 3.05) is 17.6 Å². The number of hydrogen-bond acceptors (Lipinski definition) is 7. The minimum absolute atomic E-state index is 0.101. The first-order valence-electron chi connectivity index (χ1n) is 5.65. The third-order valence-electron chi connectivity index (χ3n) is 2.48. The molecule has 0 saturated carbocycles. The van der Waals surface area contributed by atoms with E-state index in [-0.39, 0.29) is 41.5 Å². The summed E-state index contributed by atoms with van der Waals surface area (Å²) >= 11 is 0. The van der Waals surface area contributed by atoms with Crippen LogP contribution in [0.1, 0.15) is 6.42 Å². The molecule has 2 rings (SSSR count). The van der Waals surface area contributed by atoms with Gasteiger partial charge in [-0.05, 0) is 12.5 Å². The number of rotatable bonds is 6. The fraction of sp³-hybridized carbons (Fsp3) is 0.300. The van der Waals surface area contributed by atoms with Gasteiger partial charge >= 0.3 is 0 Å². The Bertz CT molecular complexity index is 739. The fourth-order valence-corrected chi connectivity index (χ4v) is 2.17. The molecule has 1 aromatic heterocycles. The highest BCUT2D eigenvalue weighted by atomic mass is 32.2. The molecule has 0 atom stereocenters. The molecular formula is C10H12N4O5S. The number of aromatic nitrogens is 1. The van der Waals surface area contributed by atoms with Crippen LogP contribution >= 0.6 is 0 Å². The second-order valence-corrected chi connectivity index (χ2v) is 5.78. The van der Waals surface area contributed by atoms with Crippen molar-refractivity contribution in [3.63, 3.8) is 0 Å². The molecule has 9 nitrogen and oxygen atoms in total. The summed E-state index contributed by atoms with van der Waals surface area (Å²) in [7, 11) is -3.50. The Balaban J connectivity index is 2.09. The SMILES string of the molecule is NS(=O)(=O)CCCNc1nc2c([N+](=O)[O-])cccc2o1. The molecule has 3 N–H and O–H groups in total. The number of nitro groups is 1. The highest BCUT2D eigenvalue weighted by Gasteiger charge is 2.17. The lowest BCUT2D eigenvalue weighted by Gasteiger charge is -1.99. The van der Waals surface area contributed by atoms with Crippen molar-refractivity contribution in [2.24, 2.45) is 5.14 Å². The number of nitrogens with one attached hydrogen (secondary N) is 1. The largest absolute Gasteiger partial charge is 0.423 e. The molecule has 0 aliphatic rings. The number of nitrogens with zero attached hydrogens (tertiary/aromatic N) is 2. The highest BCUT2D eigenvalue weighted by molar-refractivity contribution is 7.89. The van der Waals surface area contributed by atoms with E-state index >= 15 is 0 Å². The van der Waals surface area contributed by atoms with E-state index in [0.717, 1.165) is 0 Å². The van der Waals surface area contributed by atoms with Gasteiger partial charge in [0.2, 0.25) is 10.0 Å². The predicted molar refractivity (Wildman–Crippen MR) is 71.7 cm³/mol. The van der Waals surface area contributed by atoms with Crippen molar-refractivity contribution in [3.05, 3.63) is 28.3 Å². The van der Waals surface area contributed by atoms with E-state index in [1.807, 2.05) is 0 Å². The first-order valence-corrected chi connectivity index (χ1v) is 7.36. The molecule has 0 aliphatic heterocycles. The molecule has 0 aliphatic carbocycles. The van der Waals surface area contributed by atoms with Gasteiger partial charge in [0.25, 0.3) is 11.7 Å². The van der Waals surface area contributed by atoms with E-state index < -0.39 is 14.9 Å². The van der Waals surface area contributed by atoms with Gasteiger partial charge in [0.1, 0.15) is 0 Å². The van der Waals surface area contributed by atoms with Gasteiger partial charge in [-0.25, -0.2) is 13.6 Å². The molecule has 20 heavy (non-hydrogen) atoms. The Morgan fingerprint density at radius 2 is 2.20 bits per heavy atom. The Labute approximate surface area is 114 Å². The number of anilines is 1. The van der Waals surface area contributed by atoms with Crippen LogP contribution < -0.4 is 10.5 Å². The van der Waals surface area contributed by atoms with Gasteiger partial charge in [-0.2, -0.15) is 4.98 Å². The van der Waals surface area contributed by atoms with E-state index in [9.17, 15) is 18.5 Å². The number of benzene rings is 1. The third kappa shape index (κ3) is 3.42. The lowest BCUT2D eigenvalue weighted by molar-refractivity contribution is -0.383. The molecule has 0 spiro atoms. The normalized spacial score (nSPS) is 11.7. The molecule has 1 aromatic carbocycles. The Kier molecular flexibility index (Phi) is 3.86. The van der Waals surface area contributed by atoms with Crippen LogP contribution in [-0.4, -0.2) is 30.6 Å². The van der Waals surface area contributed by atoms with Crippen molar-refractivity contribution in [3.8, 4) is 0 Å². The average Bonchev–Trinajstić information content (AvgIpc) is 2.75. The van der Waals surface area contributed by atoms with Gasteiger partial charge in [-0.1, -0.05) is 6.07 Å². The second-order valence-electron chi connectivity index (χ2n) is 4.05. The maximum atomic E-state index is 10.8. The average molecular weight is 300 g/mol. The maximum Gasteiger partial charge on any atom is 0.298 e. The summed E-state index contributed by atoms with van der Waals surface area (Å²) in [6.07, 6.45) is 0.277.